The molecule has 1 saturated carbocycles. The first kappa shape index (κ1) is 19.8. The van der Waals surface area contributed by atoms with Gasteiger partial charge in [-0.1, -0.05) is 64.7 Å². The van der Waals surface area contributed by atoms with E-state index in [-0.39, 0.29) is 0 Å². The Morgan fingerprint density at radius 3 is 2.20 bits per heavy atom. The fraction of sp³-hybridized carbons (Fsp3) is 0.682. The number of benzene rings is 1. The highest BCUT2D eigenvalue weighted by atomic mass is 16.5. The van der Waals surface area contributed by atoms with E-state index in [9.17, 15) is 4.79 Å². The van der Waals surface area contributed by atoms with Crippen LogP contribution in [0.25, 0.3) is 0 Å². The Morgan fingerprint density at radius 2 is 1.56 bits per heavy atom. The van der Waals surface area contributed by atoms with Crippen molar-refractivity contribution in [1.82, 2.24) is 0 Å². The standard InChI is InChI=1S/C22H34O3/c1-2-3-4-5-6-7-8-18-9-11-19(12-10-18)17-25-21-15-13-20(14-16-21)22(23)24/h13-16,18-19H,2-12,17H2,1H3,(H,23,24). The lowest BCUT2D eigenvalue weighted by atomic mass is 9.80. The molecule has 1 fully saturated rings. The van der Waals surface area contributed by atoms with Gasteiger partial charge in [0.15, 0.2) is 0 Å². The summed E-state index contributed by atoms with van der Waals surface area (Å²) in [6, 6.07) is 6.73. The number of carbonyl (C=O) groups is 1. The van der Waals surface area contributed by atoms with Gasteiger partial charge in [0.05, 0.1) is 12.2 Å². The molecule has 2 rings (SSSR count). The molecular weight excluding hydrogens is 312 g/mol. The Labute approximate surface area is 152 Å². The molecule has 0 atom stereocenters. The lowest BCUT2D eigenvalue weighted by molar-refractivity contribution is 0.0697. The van der Waals surface area contributed by atoms with Crippen molar-refractivity contribution in [3.05, 3.63) is 29.8 Å². The Kier molecular flexibility index (Phi) is 8.85. The van der Waals surface area contributed by atoms with Gasteiger partial charge >= 0.3 is 5.97 Å². The first-order valence-electron chi connectivity index (χ1n) is 10.1. The molecule has 1 aromatic carbocycles. The molecule has 3 heteroatoms. The van der Waals surface area contributed by atoms with Crippen molar-refractivity contribution in [2.24, 2.45) is 11.8 Å². The van der Waals surface area contributed by atoms with Crippen molar-refractivity contribution >= 4 is 5.97 Å². The van der Waals surface area contributed by atoms with Gasteiger partial charge in [0.1, 0.15) is 5.75 Å². The van der Waals surface area contributed by atoms with Gasteiger partial charge in [-0.15, -0.1) is 0 Å². The van der Waals surface area contributed by atoms with E-state index >= 15 is 0 Å². The van der Waals surface area contributed by atoms with Gasteiger partial charge < -0.3 is 9.84 Å². The van der Waals surface area contributed by atoms with Crippen molar-refractivity contribution in [1.29, 1.82) is 0 Å². The van der Waals surface area contributed by atoms with E-state index in [1.165, 1.54) is 70.6 Å². The van der Waals surface area contributed by atoms with E-state index in [4.69, 9.17) is 9.84 Å². The first-order valence-corrected chi connectivity index (χ1v) is 10.1. The molecule has 0 bridgehead atoms. The Bertz CT molecular complexity index is 486. The lowest BCUT2D eigenvalue weighted by Gasteiger charge is -2.28. The van der Waals surface area contributed by atoms with Crippen molar-refractivity contribution in [3.63, 3.8) is 0 Å². The molecule has 0 unspecified atom stereocenters. The number of aromatic carboxylic acids is 1. The fourth-order valence-corrected chi connectivity index (χ4v) is 3.81. The van der Waals surface area contributed by atoms with Crippen molar-refractivity contribution in [2.75, 3.05) is 6.61 Å². The summed E-state index contributed by atoms with van der Waals surface area (Å²) in [7, 11) is 0. The lowest BCUT2D eigenvalue weighted by Crippen LogP contribution is -2.20. The predicted octanol–water partition coefficient (Wildman–Crippen LogP) is 6.32. The van der Waals surface area contributed by atoms with Crippen molar-refractivity contribution < 1.29 is 14.6 Å². The number of ether oxygens (including phenoxy) is 1. The van der Waals surface area contributed by atoms with Gasteiger partial charge in [0, 0.05) is 0 Å². The topological polar surface area (TPSA) is 46.5 Å². The van der Waals surface area contributed by atoms with E-state index in [0.717, 1.165) is 18.3 Å². The second kappa shape index (κ2) is 11.2. The van der Waals surface area contributed by atoms with Crippen LogP contribution in [0, 0.1) is 11.8 Å². The molecule has 0 aliphatic heterocycles. The van der Waals surface area contributed by atoms with Crippen LogP contribution in [0.3, 0.4) is 0 Å². The van der Waals surface area contributed by atoms with E-state index < -0.39 is 5.97 Å². The summed E-state index contributed by atoms with van der Waals surface area (Å²) in [5.41, 5.74) is 0.308. The number of carboxylic acids is 1. The number of hydrogen-bond acceptors (Lipinski definition) is 2. The number of rotatable bonds is 11. The summed E-state index contributed by atoms with van der Waals surface area (Å²) < 4.78 is 5.86. The molecule has 0 saturated heterocycles. The summed E-state index contributed by atoms with van der Waals surface area (Å²) in [4.78, 5) is 10.8. The van der Waals surface area contributed by atoms with Gasteiger partial charge in [-0.3, -0.25) is 0 Å². The molecule has 0 spiro atoms. The summed E-state index contributed by atoms with van der Waals surface area (Å²) >= 11 is 0. The van der Waals surface area contributed by atoms with Crippen LogP contribution in [0.5, 0.6) is 5.75 Å². The van der Waals surface area contributed by atoms with Crippen LogP contribution in [0.2, 0.25) is 0 Å². The minimum atomic E-state index is -0.893. The van der Waals surface area contributed by atoms with E-state index in [2.05, 4.69) is 6.92 Å². The van der Waals surface area contributed by atoms with Crippen LogP contribution in [0.1, 0.15) is 87.9 Å². The number of hydrogen-bond donors (Lipinski definition) is 1. The SMILES string of the molecule is CCCCCCCCC1CCC(COc2ccc(C(=O)O)cc2)CC1. The van der Waals surface area contributed by atoms with Crippen LogP contribution in [-0.2, 0) is 0 Å². The second-order valence-electron chi connectivity index (χ2n) is 7.58. The van der Waals surface area contributed by atoms with Crippen LogP contribution in [-0.4, -0.2) is 17.7 Å². The highest BCUT2D eigenvalue weighted by Crippen LogP contribution is 2.32. The molecule has 140 valence electrons. The van der Waals surface area contributed by atoms with Gasteiger partial charge in [-0.25, -0.2) is 4.79 Å². The maximum Gasteiger partial charge on any atom is 0.335 e. The minimum Gasteiger partial charge on any atom is -0.493 e. The average molecular weight is 347 g/mol. The van der Waals surface area contributed by atoms with Crippen LogP contribution in [0.4, 0.5) is 0 Å². The molecule has 3 nitrogen and oxygen atoms in total. The second-order valence-corrected chi connectivity index (χ2v) is 7.58. The summed E-state index contributed by atoms with van der Waals surface area (Å²) in [5, 5.41) is 8.91. The third kappa shape index (κ3) is 7.50. The summed E-state index contributed by atoms with van der Waals surface area (Å²) in [6.07, 6.45) is 15.0. The molecule has 1 N–H and O–H groups in total. The quantitative estimate of drug-likeness (QED) is 0.477. The van der Waals surface area contributed by atoms with Gasteiger partial charge in [0.2, 0.25) is 0 Å². The molecule has 1 aromatic rings. The zero-order valence-corrected chi connectivity index (χ0v) is 15.7. The first-order chi connectivity index (χ1) is 12.2. The van der Waals surface area contributed by atoms with Crippen LogP contribution < -0.4 is 4.74 Å². The Hall–Kier alpha value is -1.51. The molecule has 1 aliphatic rings. The third-order valence-corrected chi connectivity index (χ3v) is 5.52. The molecule has 1 aliphatic carbocycles. The van der Waals surface area contributed by atoms with Gasteiger partial charge in [0.25, 0.3) is 0 Å². The summed E-state index contributed by atoms with van der Waals surface area (Å²) in [5.74, 6) is 1.46. The van der Waals surface area contributed by atoms with E-state index in [1.807, 2.05) is 0 Å². The highest BCUT2D eigenvalue weighted by molar-refractivity contribution is 5.87. The van der Waals surface area contributed by atoms with E-state index in [0.29, 0.717) is 11.5 Å². The largest absolute Gasteiger partial charge is 0.493 e. The molecule has 0 aromatic heterocycles. The average Bonchev–Trinajstić information content (AvgIpc) is 2.64. The molecule has 25 heavy (non-hydrogen) atoms. The van der Waals surface area contributed by atoms with Gasteiger partial charge in [-0.2, -0.15) is 0 Å². The van der Waals surface area contributed by atoms with E-state index in [1.54, 1.807) is 24.3 Å². The monoisotopic (exact) mass is 346 g/mol. The van der Waals surface area contributed by atoms with Gasteiger partial charge in [-0.05, 0) is 48.9 Å². The molecule has 0 heterocycles. The molecule has 0 amide bonds. The molecular formula is C22H34O3. The highest BCUT2D eigenvalue weighted by Gasteiger charge is 2.21. The predicted molar refractivity (Wildman–Crippen MR) is 102 cm³/mol. The van der Waals surface area contributed by atoms with Crippen molar-refractivity contribution in [2.45, 2.75) is 77.6 Å². The zero-order valence-electron chi connectivity index (χ0n) is 15.7. The maximum absolute atomic E-state index is 10.8. The smallest absolute Gasteiger partial charge is 0.335 e. The number of carboxylic acid groups (broad SMARTS) is 1. The normalized spacial score (nSPS) is 20.4. The summed E-state index contributed by atoms with van der Waals surface area (Å²) in [6.45, 7) is 3.03. The minimum absolute atomic E-state index is 0.308. The zero-order chi connectivity index (χ0) is 17.9. The third-order valence-electron chi connectivity index (χ3n) is 5.52. The Morgan fingerprint density at radius 1 is 0.960 bits per heavy atom. The van der Waals surface area contributed by atoms with Crippen LogP contribution in [0.15, 0.2) is 24.3 Å². The van der Waals surface area contributed by atoms with Crippen molar-refractivity contribution in [3.8, 4) is 5.75 Å². The van der Waals surface area contributed by atoms with Crippen LogP contribution >= 0.6 is 0 Å². The number of unbranched alkanes of at least 4 members (excludes halogenated alkanes) is 5. The fourth-order valence-electron chi connectivity index (χ4n) is 3.81. The maximum atomic E-state index is 10.8. The molecule has 0 radical (unpaired) electrons. The Balaban J connectivity index is 1.56.